The standard InChI is InChI=1S/C23H24ClN7O/c1-23(2)12-27-19-14(11-25)8-13(9-15(19)23)17-6-7-26-22(28-17)29-18-10-16(24)20(31(3)4)30-21(18)32-5/h6-10,27H,12H2,1-5H3,(H,26,28,29). The van der Waals surface area contributed by atoms with Crippen LogP contribution in [0.25, 0.3) is 11.3 Å². The van der Waals surface area contributed by atoms with Crippen LogP contribution in [0.1, 0.15) is 25.0 Å². The number of nitriles is 1. The highest BCUT2D eigenvalue weighted by molar-refractivity contribution is 6.33. The molecule has 0 saturated heterocycles. The molecule has 0 fully saturated rings. The van der Waals surface area contributed by atoms with Crippen LogP contribution in [-0.4, -0.2) is 42.7 Å². The van der Waals surface area contributed by atoms with Gasteiger partial charge in [0.05, 0.1) is 29.1 Å². The molecule has 1 aliphatic rings. The molecule has 1 aliphatic heterocycles. The van der Waals surface area contributed by atoms with Crippen LogP contribution in [0, 0.1) is 11.3 Å². The predicted octanol–water partition coefficient (Wildman–Crippen LogP) is 4.58. The van der Waals surface area contributed by atoms with Gasteiger partial charge in [0.25, 0.3) is 0 Å². The van der Waals surface area contributed by atoms with Crippen molar-refractivity contribution in [1.29, 1.82) is 5.26 Å². The Bertz CT molecular complexity index is 1230. The zero-order chi connectivity index (χ0) is 23.0. The largest absolute Gasteiger partial charge is 0.479 e. The van der Waals surface area contributed by atoms with Crippen LogP contribution in [0.15, 0.2) is 30.5 Å². The molecule has 0 unspecified atom stereocenters. The summed E-state index contributed by atoms with van der Waals surface area (Å²) < 4.78 is 5.42. The highest BCUT2D eigenvalue weighted by atomic mass is 35.5. The molecule has 2 aromatic heterocycles. The van der Waals surface area contributed by atoms with Crippen molar-refractivity contribution in [2.45, 2.75) is 19.3 Å². The van der Waals surface area contributed by atoms with Gasteiger partial charge < -0.3 is 20.3 Å². The van der Waals surface area contributed by atoms with Crippen molar-refractivity contribution in [3.63, 3.8) is 0 Å². The number of rotatable bonds is 5. The van der Waals surface area contributed by atoms with Gasteiger partial charge in [0.15, 0.2) is 5.82 Å². The Hall–Kier alpha value is -3.57. The van der Waals surface area contributed by atoms with Gasteiger partial charge in [-0.1, -0.05) is 25.4 Å². The molecule has 0 atom stereocenters. The zero-order valence-electron chi connectivity index (χ0n) is 18.6. The lowest BCUT2D eigenvalue weighted by Gasteiger charge is -2.18. The van der Waals surface area contributed by atoms with Gasteiger partial charge in [-0.15, -0.1) is 0 Å². The monoisotopic (exact) mass is 449 g/mol. The Morgan fingerprint density at radius 3 is 2.72 bits per heavy atom. The minimum Gasteiger partial charge on any atom is -0.479 e. The molecule has 3 aromatic rings. The molecule has 3 heterocycles. The smallest absolute Gasteiger partial charge is 0.239 e. The van der Waals surface area contributed by atoms with E-state index in [9.17, 15) is 5.26 Å². The Balaban J connectivity index is 1.72. The molecule has 0 saturated carbocycles. The van der Waals surface area contributed by atoms with Gasteiger partial charge in [-0.2, -0.15) is 10.2 Å². The highest BCUT2D eigenvalue weighted by Gasteiger charge is 2.32. The second-order valence-electron chi connectivity index (χ2n) is 8.43. The van der Waals surface area contributed by atoms with Gasteiger partial charge in [0.2, 0.25) is 11.8 Å². The first kappa shape index (κ1) is 21.7. The van der Waals surface area contributed by atoms with Gasteiger partial charge in [-0.05, 0) is 29.8 Å². The first-order chi connectivity index (χ1) is 15.2. The topological polar surface area (TPSA) is 99.0 Å². The third-order valence-electron chi connectivity index (χ3n) is 5.43. The van der Waals surface area contributed by atoms with Crippen molar-refractivity contribution in [3.05, 3.63) is 46.6 Å². The van der Waals surface area contributed by atoms with Gasteiger partial charge in [-0.25, -0.2) is 9.97 Å². The molecule has 1 aromatic carbocycles. The average Bonchev–Trinajstić information content (AvgIpc) is 3.08. The van der Waals surface area contributed by atoms with E-state index in [4.69, 9.17) is 16.3 Å². The fourth-order valence-corrected chi connectivity index (χ4v) is 4.05. The van der Waals surface area contributed by atoms with E-state index < -0.39 is 0 Å². The number of methoxy groups -OCH3 is 1. The summed E-state index contributed by atoms with van der Waals surface area (Å²) in [6.45, 7) is 5.10. The van der Waals surface area contributed by atoms with E-state index in [0.717, 1.165) is 23.4 Å². The van der Waals surface area contributed by atoms with Crippen LogP contribution in [0.5, 0.6) is 5.88 Å². The summed E-state index contributed by atoms with van der Waals surface area (Å²) in [7, 11) is 5.26. The van der Waals surface area contributed by atoms with Gasteiger partial charge in [-0.3, -0.25) is 0 Å². The molecule has 0 spiro atoms. The summed E-state index contributed by atoms with van der Waals surface area (Å²) >= 11 is 6.38. The Kier molecular flexibility index (Phi) is 5.53. The van der Waals surface area contributed by atoms with Crippen LogP contribution < -0.4 is 20.3 Å². The fraction of sp³-hybridized carbons (Fsp3) is 0.304. The molecular weight excluding hydrogens is 426 g/mol. The molecule has 0 bridgehead atoms. The Morgan fingerprint density at radius 2 is 2.03 bits per heavy atom. The van der Waals surface area contributed by atoms with Gasteiger partial charge >= 0.3 is 0 Å². The third-order valence-corrected chi connectivity index (χ3v) is 5.71. The molecular formula is C23H24ClN7O. The summed E-state index contributed by atoms with van der Waals surface area (Å²) in [6, 6.07) is 9.80. The number of hydrogen-bond donors (Lipinski definition) is 2. The van der Waals surface area contributed by atoms with Crippen LogP contribution in [0.3, 0.4) is 0 Å². The molecule has 2 N–H and O–H groups in total. The lowest BCUT2D eigenvalue weighted by Crippen LogP contribution is -2.18. The fourth-order valence-electron chi connectivity index (χ4n) is 3.73. The first-order valence-corrected chi connectivity index (χ1v) is 10.5. The van der Waals surface area contributed by atoms with Crippen LogP contribution in [0.2, 0.25) is 5.02 Å². The van der Waals surface area contributed by atoms with E-state index in [1.807, 2.05) is 31.1 Å². The number of hydrogen-bond acceptors (Lipinski definition) is 8. The minimum atomic E-state index is -0.0744. The molecule has 164 valence electrons. The Labute approximate surface area is 192 Å². The summed E-state index contributed by atoms with van der Waals surface area (Å²) in [5, 5.41) is 16.6. The second kappa shape index (κ2) is 8.17. The van der Waals surface area contributed by atoms with E-state index in [1.54, 1.807) is 19.4 Å². The molecule has 32 heavy (non-hydrogen) atoms. The van der Waals surface area contributed by atoms with Crippen molar-refractivity contribution in [2.24, 2.45) is 0 Å². The molecule has 0 radical (unpaired) electrons. The maximum atomic E-state index is 9.67. The predicted molar refractivity (Wildman–Crippen MR) is 127 cm³/mol. The van der Waals surface area contributed by atoms with Gasteiger partial charge in [0.1, 0.15) is 11.8 Å². The highest BCUT2D eigenvalue weighted by Crippen LogP contribution is 2.41. The number of nitrogens with one attached hydrogen (secondary N) is 2. The van der Waals surface area contributed by atoms with Crippen molar-refractivity contribution in [1.82, 2.24) is 15.0 Å². The maximum absolute atomic E-state index is 9.67. The summed E-state index contributed by atoms with van der Waals surface area (Å²) in [4.78, 5) is 15.3. The number of fused-ring (bicyclic) bond motifs is 1. The van der Waals surface area contributed by atoms with Crippen LogP contribution in [-0.2, 0) is 5.41 Å². The van der Waals surface area contributed by atoms with E-state index in [1.165, 1.54) is 0 Å². The van der Waals surface area contributed by atoms with E-state index in [0.29, 0.717) is 39.6 Å². The third kappa shape index (κ3) is 3.87. The van der Waals surface area contributed by atoms with E-state index in [2.05, 4.69) is 51.6 Å². The number of halogens is 1. The quantitative estimate of drug-likeness (QED) is 0.583. The van der Waals surface area contributed by atoms with Crippen molar-refractivity contribution >= 4 is 34.7 Å². The normalized spacial score (nSPS) is 13.7. The number of ether oxygens (including phenoxy) is 1. The summed E-state index contributed by atoms with van der Waals surface area (Å²) in [5.74, 6) is 1.35. The van der Waals surface area contributed by atoms with Crippen molar-refractivity contribution in [3.8, 4) is 23.2 Å². The summed E-state index contributed by atoms with van der Waals surface area (Å²) in [6.07, 6.45) is 1.67. The van der Waals surface area contributed by atoms with E-state index in [-0.39, 0.29) is 5.41 Å². The van der Waals surface area contributed by atoms with Crippen LogP contribution >= 0.6 is 11.6 Å². The maximum Gasteiger partial charge on any atom is 0.239 e. The van der Waals surface area contributed by atoms with Crippen LogP contribution in [0.4, 0.5) is 23.1 Å². The zero-order valence-corrected chi connectivity index (χ0v) is 19.4. The average molecular weight is 450 g/mol. The lowest BCUT2D eigenvalue weighted by molar-refractivity contribution is 0.400. The second-order valence-corrected chi connectivity index (χ2v) is 8.84. The number of pyridine rings is 1. The first-order valence-electron chi connectivity index (χ1n) is 10.1. The number of benzene rings is 1. The number of aromatic nitrogens is 3. The van der Waals surface area contributed by atoms with E-state index >= 15 is 0 Å². The molecule has 0 aliphatic carbocycles. The molecule has 0 amide bonds. The number of nitrogens with zero attached hydrogens (tertiary/aromatic N) is 5. The summed E-state index contributed by atoms with van der Waals surface area (Å²) in [5.41, 5.74) is 4.65. The Morgan fingerprint density at radius 1 is 1.25 bits per heavy atom. The SMILES string of the molecule is COc1nc(N(C)C)c(Cl)cc1Nc1nccc(-c2cc(C#N)c3c(c2)C(C)(C)CN3)n1. The van der Waals surface area contributed by atoms with Gasteiger partial charge in [0, 0.05) is 37.8 Å². The molecule has 9 heteroatoms. The molecule has 8 nitrogen and oxygen atoms in total. The minimum absolute atomic E-state index is 0.0744. The lowest BCUT2D eigenvalue weighted by atomic mass is 9.85. The van der Waals surface area contributed by atoms with Crippen molar-refractivity contribution in [2.75, 3.05) is 43.3 Å². The van der Waals surface area contributed by atoms with Crippen molar-refractivity contribution < 1.29 is 4.74 Å². The molecule has 4 rings (SSSR count). The number of anilines is 4.